The first-order valence-corrected chi connectivity index (χ1v) is 7.61. The zero-order valence-electron chi connectivity index (χ0n) is 12.5. The molecule has 0 aliphatic heterocycles. The van der Waals surface area contributed by atoms with Gasteiger partial charge < -0.3 is 10.1 Å². The summed E-state index contributed by atoms with van der Waals surface area (Å²) in [5.41, 5.74) is 1.65. The van der Waals surface area contributed by atoms with Gasteiger partial charge in [0.25, 0.3) is 5.91 Å². The molecule has 1 unspecified atom stereocenters. The SMILES string of the molecule is CC(OCCCNC(=O)c1ccc(Cl)nc1)c1ccccc1. The highest BCUT2D eigenvalue weighted by atomic mass is 35.5. The lowest BCUT2D eigenvalue weighted by Gasteiger charge is -2.13. The maximum atomic E-state index is 11.8. The number of halogens is 1. The standard InChI is InChI=1S/C17H19ClN2O2/c1-13(14-6-3-2-4-7-14)22-11-5-10-19-17(21)15-8-9-16(18)20-12-15/h2-4,6-9,12-13H,5,10-11H2,1H3,(H,19,21). The van der Waals surface area contributed by atoms with Crippen LogP contribution in [0.1, 0.15) is 35.4 Å². The number of pyridine rings is 1. The van der Waals surface area contributed by atoms with Gasteiger partial charge in [0.15, 0.2) is 0 Å². The zero-order chi connectivity index (χ0) is 15.8. The Morgan fingerprint density at radius 2 is 2.05 bits per heavy atom. The molecule has 1 aromatic heterocycles. The molecule has 1 amide bonds. The van der Waals surface area contributed by atoms with Crippen molar-refractivity contribution in [3.05, 3.63) is 64.9 Å². The molecular formula is C17H19ClN2O2. The highest BCUT2D eigenvalue weighted by Crippen LogP contribution is 2.15. The normalized spacial score (nSPS) is 11.9. The van der Waals surface area contributed by atoms with Crippen molar-refractivity contribution in [1.29, 1.82) is 0 Å². The van der Waals surface area contributed by atoms with Gasteiger partial charge in [-0.05, 0) is 31.0 Å². The van der Waals surface area contributed by atoms with Crippen molar-refractivity contribution in [1.82, 2.24) is 10.3 Å². The Hall–Kier alpha value is -1.91. The maximum absolute atomic E-state index is 11.8. The summed E-state index contributed by atoms with van der Waals surface area (Å²) >= 11 is 5.68. The van der Waals surface area contributed by atoms with E-state index in [1.807, 2.05) is 37.3 Å². The van der Waals surface area contributed by atoms with Crippen molar-refractivity contribution in [3.63, 3.8) is 0 Å². The van der Waals surface area contributed by atoms with Gasteiger partial charge in [-0.1, -0.05) is 41.9 Å². The molecule has 2 aromatic rings. The Kier molecular flexibility index (Phi) is 6.37. The number of carbonyl (C=O) groups excluding carboxylic acids is 1. The second-order valence-electron chi connectivity index (χ2n) is 4.90. The molecule has 0 radical (unpaired) electrons. The molecule has 22 heavy (non-hydrogen) atoms. The van der Waals surface area contributed by atoms with Gasteiger partial charge in [-0.3, -0.25) is 4.79 Å². The van der Waals surface area contributed by atoms with Crippen LogP contribution in [0.25, 0.3) is 0 Å². The summed E-state index contributed by atoms with van der Waals surface area (Å²) in [7, 11) is 0. The minimum absolute atomic E-state index is 0.0531. The summed E-state index contributed by atoms with van der Waals surface area (Å²) in [6.07, 6.45) is 2.27. The topological polar surface area (TPSA) is 51.2 Å². The van der Waals surface area contributed by atoms with Crippen LogP contribution in [0, 0.1) is 0 Å². The van der Waals surface area contributed by atoms with Gasteiger partial charge >= 0.3 is 0 Å². The molecular weight excluding hydrogens is 300 g/mol. The molecule has 0 saturated heterocycles. The minimum atomic E-state index is -0.153. The van der Waals surface area contributed by atoms with Gasteiger partial charge in [-0.15, -0.1) is 0 Å². The highest BCUT2D eigenvalue weighted by molar-refractivity contribution is 6.29. The van der Waals surface area contributed by atoms with E-state index in [1.54, 1.807) is 12.1 Å². The monoisotopic (exact) mass is 318 g/mol. The number of hydrogen-bond donors (Lipinski definition) is 1. The van der Waals surface area contributed by atoms with Gasteiger partial charge in [-0.2, -0.15) is 0 Å². The molecule has 0 fully saturated rings. The Bertz CT molecular complexity index is 587. The molecule has 116 valence electrons. The van der Waals surface area contributed by atoms with Crippen molar-refractivity contribution < 1.29 is 9.53 Å². The van der Waals surface area contributed by atoms with E-state index in [-0.39, 0.29) is 12.0 Å². The fourth-order valence-corrected chi connectivity index (χ4v) is 2.08. The Morgan fingerprint density at radius 3 is 2.73 bits per heavy atom. The molecule has 1 atom stereocenters. The van der Waals surface area contributed by atoms with E-state index >= 15 is 0 Å². The van der Waals surface area contributed by atoms with Crippen LogP contribution < -0.4 is 5.32 Å². The second kappa shape index (κ2) is 8.51. The van der Waals surface area contributed by atoms with Crippen LogP contribution in [0.15, 0.2) is 48.7 Å². The number of aromatic nitrogens is 1. The van der Waals surface area contributed by atoms with Crippen LogP contribution in [-0.4, -0.2) is 24.0 Å². The fraction of sp³-hybridized carbons (Fsp3) is 0.294. The van der Waals surface area contributed by atoms with Crippen LogP contribution in [0.4, 0.5) is 0 Å². The van der Waals surface area contributed by atoms with Crippen molar-refractivity contribution in [2.45, 2.75) is 19.4 Å². The summed E-state index contributed by atoms with van der Waals surface area (Å²) in [4.78, 5) is 15.7. The number of ether oxygens (including phenoxy) is 1. The quantitative estimate of drug-likeness (QED) is 0.626. The van der Waals surface area contributed by atoms with Crippen molar-refractivity contribution in [3.8, 4) is 0 Å². The van der Waals surface area contributed by atoms with Crippen molar-refractivity contribution >= 4 is 17.5 Å². The smallest absolute Gasteiger partial charge is 0.252 e. The lowest BCUT2D eigenvalue weighted by Crippen LogP contribution is -2.25. The minimum Gasteiger partial charge on any atom is -0.374 e. The van der Waals surface area contributed by atoms with E-state index in [4.69, 9.17) is 16.3 Å². The van der Waals surface area contributed by atoms with Crippen LogP contribution in [-0.2, 0) is 4.74 Å². The number of rotatable bonds is 7. The molecule has 0 spiro atoms. The molecule has 0 aliphatic rings. The summed E-state index contributed by atoms with van der Waals surface area (Å²) in [5.74, 6) is -0.153. The van der Waals surface area contributed by atoms with Crippen LogP contribution >= 0.6 is 11.6 Å². The summed E-state index contributed by atoms with van der Waals surface area (Å²) < 4.78 is 5.75. The van der Waals surface area contributed by atoms with Gasteiger partial charge in [-0.25, -0.2) is 4.98 Å². The molecule has 1 heterocycles. The average Bonchev–Trinajstić information content (AvgIpc) is 2.55. The predicted molar refractivity (Wildman–Crippen MR) is 87.0 cm³/mol. The number of benzene rings is 1. The zero-order valence-corrected chi connectivity index (χ0v) is 13.2. The number of amides is 1. The lowest BCUT2D eigenvalue weighted by atomic mass is 10.1. The van der Waals surface area contributed by atoms with Crippen LogP contribution in [0.5, 0.6) is 0 Å². The number of hydrogen-bond acceptors (Lipinski definition) is 3. The molecule has 1 N–H and O–H groups in total. The maximum Gasteiger partial charge on any atom is 0.252 e. The van der Waals surface area contributed by atoms with E-state index in [2.05, 4.69) is 10.3 Å². The first-order chi connectivity index (χ1) is 10.7. The highest BCUT2D eigenvalue weighted by Gasteiger charge is 2.06. The van der Waals surface area contributed by atoms with E-state index < -0.39 is 0 Å². The number of nitrogens with zero attached hydrogens (tertiary/aromatic N) is 1. The summed E-state index contributed by atoms with van der Waals surface area (Å²) in [6, 6.07) is 13.3. The van der Waals surface area contributed by atoms with Gasteiger partial charge in [0.05, 0.1) is 11.7 Å². The Labute approximate surface area is 135 Å². The molecule has 5 heteroatoms. The third-order valence-corrected chi connectivity index (χ3v) is 3.46. The van der Waals surface area contributed by atoms with E-state index in [0.29, 0.717) is 23.9 Å². The lowest BCUT2D eigenvalue weighted by molar-refractivity contribution is 0.0635. The molecule has 0 aliphatic carbocycles. The van der Waals surface area contributed by atoms with Crippen LogP contribution in [0.3, 0.4) is 0 Å². The molecule has 4 nitrogen and oxygen atoms in total. The third kappa shape index (κ3) is 5.13. The van der Waals surface area contributed by atoms with Gasteiger partial charge in [0.1, 0.15) is 5.15 Å². The third-order valence-electron chi connectivity index (χ3n) is 3.23. The average molecular weight is 319 g/mol. The largest absolute Gasteiger partial charge is 0.374 e. The first kappa shape index (κ1) is 16.5. The molecule has 1 aromatic carbocycles. The second-order valence-corrected chi connectivity index (χ2v) is 5.29. The van der Waals surface area contributed by atoms with Crippen LogP contribution in [0.2, 0.25) is 5.15 Å². The van der Waals surface area contributed by atoms with Gasteiger partial charge in [0.2, 0.25) is 0 Å². The number of carbonyl (C=O) groups is 1. The van der Waals surface area contributed by atoms with Crippen molar-refractivity contribution in [2.75, 3.05) is 13.2 Å². The molecule has 0 saturated carbocycles. The predicted octanol–water partition coefficient (Wildman–Crippen LogP) is 3.63. The fourth-order valence-electron chi connectivity index (χ4n) is 1.97. The van der Waals surface area contributed by atoms with E-state index in [9.17, 15) is 4.79 Å². The van der Waals surface area contributed by atoms with Gasteiger partial charge in [0, 0.05) is 19.3 Å². The molecule has 0 bridgehead atoms. The Morgan fingerprint density at radius 1 is 1.27 bits per heavy atom. The summed E-state index contributed by atoms with van der Waals surface area (Å²) in [5, 5.41) is 3.20. The first-order valence-electron chi connectivity index (χ1n) is 7.23. The number of nitrogens with one attached hydrogen (secondary N) is 1. The van der Waals surface area contributed by atoms with E-state index in [0.717, 1.165) is 12.0 Å². The Balaban J connectivity index is 1.65. The molecule has 2 rings (SSSR count). The summed E-state index contributed by atoms with van der Waals surface area (Å²) in [6.45, 7) is 3.17. The van der Waals surface area contributed by atoms with Crippen molar-refractivity contribution in [2.24, 2.45) is 0 Å². The van der Waals surface area contributed by atoms with E-state index in [1.165, 1.54) is 6.20 Å².